The maximum absolute atomic E-state index is 11.0. The van der Waals surface area contributed by atoms with Crippen molar-refractivity contribution in [3.8, 4) is 0 Å². The van der Waals surface area contributed by atoms with Crippen molar-refractivity contribution in [3.63, 3.8) is 0 Å². The van der Waals surface area contributed by atoms with Gasteiger partial charge in [0, 0.05) is 4.88 Å². The molecule has 1 atom stereocenters. The first-order chi connectivity index (χ1) is 6.65. The lowest BCUT2D eigenvalue weighted by Gasteiger charge is -2.08. The minimum Gasteiger partial charge on any atom is -0.468 e. The Balaban J connectivity index is 2.41. The fraction of sp³-hybridized carbons (Fsp3) is 0.500. The van der Waals surface area contributed by atoms with E-state index < -0.39 is 6.04 Å². The number of rotatable bonds is 4. The molecule has 0 bridgehead atoms. The van der Waals surface area contributed by atoms with Gasteiger partial charge in [-0.1, -0.05) is 0 Å². The van der Waals surface area contributed by atoms with Gasteiger partial charge in [-0.05, 0) is 36.8 Å². The van der Waals surface area contributed by atoms with E-state index in [0.717, 1.165) is 6.42 Å². The fourth-order valence-corrected chi connectivity index (χ4v) is 2.14. The summed E-state index contributed by atoms with van der Waals surface area (Å²) in [6.07, 6.45) is 1.49. The monoisotopic (exact) mass is 213 g/mol. The maximum atomic E-state index is 11.0. The predicted octanol–water partition coefficient (Wildman–Crippen LogP) is 1.49. The van der Waals surface area contributed by atoms with Gasteiger partial charge in [-0.3, -0.25) is 4.79 Å². The van der Waals surface area contributed by atoms with Crippen molar-refractivity contribution in [1.82, 2.24) is 0 Å². The van der Waals surface area contributed by atoms with Crippen molar-refractivity contribution in [1.29, 1.82) is 0 Å². The van der Waals surface area contributed by atoms with Crippen molar-refractivity contribution in [2.75, 3.05) is 7.11 Å². The topological polar surface area (TPSA) is 52.3 Å². The second-order valence-corrected chi connectivity index (χ2v) is 4.20. The second kappa shape index (κ2) is 5.12. The molecule has 0 aliphatic carbocycles. The van der Waals surface area contributed by atoms with Crippen LogP contribution in [0.4, 0.5) is 0 Å². The molecule has 1 rings (SSSR count). The number of aryl methyl sites for hydroxylation is 2. The number of methoxy groups -OCH3 is 1. The Kier molecular flexibility index (Phi) is 4.10. The minimum absolute atomic E-state index is 0.334. The molecule has 0 aliphatic heterocycles. The van der Waals surface area contributed by atoms with Crippen LogP contribution in [0.15, 0.2) is 11.4 Å². The van der Waals surface area contributed by atoms with E-state index in [9.17, 15) is 4.79 Å². The van der Waals surface area contributed by atoms with E-state index in [0.29, 0.717) is 6.42 Å². The molecule has 0 saturated heterocycles. The number of carbonyl (C=O) groups is 1. The number of thiophene rings is 1. The van der Waals surface area contributed by atoms with Gasteiger partial charge in [-0.15, -0.1) is 11.3 Å². The van der Waals surface area contributed by atoms with Crippen molar-refractivity contribution < 1.29 is 9.53 Å². The van der Waals surface area contributed by atoms with Gasteiger partial charge in [0.2, 0.25) is 0 Å². The highest BCUT2D eigenvalue weighted by Crippen LogP contribution is 2.17. The van der Waals surface area contributed by atoms with Crippen molar-refractivity contribution in [2.24, 2.45) is 5.73 Å². The van der Waals surface area contributed by atoms with Crippen molar-refractivity contribution >= 4 is 17.3 Å². The summed E-state index contributed by atoms with van der Waals surface area (Å²) < 4.78 is 4.55. The summed E-state index contributed by atoms with van der Waals surface area (Å²) in [4.78, 5) is 12.3. The predicted molar refractivity (Wildman–Crippen MR) is 57.4 cm³/mol. The molecular formula is C10H15NO2S. The second-order valence-electron chi connectivity index (χ2n) is 3.20. The first kappa shape index (κ1) is 11.2. The maximum Gasteiger partial charge on any atom is 0.322 e. The van der Waals surface area contributed by atoms with E-state index in [1.165, 1.54) is 17.6 Å². The summed E-state index contributed by atoms with van der Waals surface area (Å²) >= 11 is 1.70. The van der Waals surface area contributed by atoms with Gasteiger partial charge >= 0.3 is 5.97 Å². The molecule has 1 unspecified atom stereocenters. The quantitative estimate of drug-likeness (QED) is 0.771. The zero-order chi connectivity index (χ0) is 10.6. The SMILES string of the molecule is COC(=O)C(N)CCc1sccc1C. The van der Waals surface area contributed by atoms with Gasteiger partial charge in [0.15, 0.2) is 0 Å². The van der Waals surface area contributed by atoms with E-state index in [1.807, 2.05) is 5.38 Å². The molecule has 0 saturated carbocycles. The van der Waals surface area contributed by atoms with Crippen LogP contribution in [-0.2, 0) is 16.0 Å². The zero-order valence-electron chi connectivity index (χ0n) is 8.45. The van der Waals surface area contributed by atoms with E-state index in [1.54, 1.807) is 11.3 Å². The van der Waals surface area contributed by atoms with Gasteiger partial charge in [0.1, 0.15) is 6.04 Å². The molecule has 0 aliphatic rings. The molecular weight excluding hydrogens is 198 g/mol. The van der Waals surface area contributed by atoms with Crippen molar-refractivity contribution in [2.45, 2.75) is 25.8 Å². The van der Waals surface area contributed by atoms with Crippen molar-refractivity contribution in [3.05, 3.63) is 21.9 Å². The molecule has 1 heterocycles. The zero-order valence-corrected chi connectivity index (χ0v) is 9.26. The summed E-state index contributed by atoms with van der Waals surface area (Å²) in [5, 5.41) is 2.05. The highest BCUT2D eigenvalue weighted by molar-refractivity contribution is 7.10. The number of carbonyl (C=O) groups excluding carboxylic acids is 1. The number of esters is 1. The summed E-state index contributed by atoms with van der Waals surface area (Å²) in [5.74, 6) is -0.334. The molecule has 0 spiro atoms. The Morgan fingerprint density at radius 1 is 1.71 bits per heavy atom. The first-order valence-corrected chi connectivity index (χ1v) is 5.39. The molecule has 0 radical (unpaired) electrons. The molecule has 2 N–H and O–H groups in total. The molecule has 78 valence electrons. The lowest BCUT2D eigenvalue weighted by molar-refractivity contribution is -0.142. The van der Waals surface area contributed by atoms with Crippen LogP contribution in [0.25, 0.3) is 0 Å². The molecule has 3 nitrogen and oxygen atoms in total. The van der Waals surface area contributed by atoms with Gasteiger partial charge in [-0.2, -0.15) is 0 Å². The molecule has 1 aromatic heterocycles. The van der Waals surface area contributed by atoms with Crippen LogP contribution in [0.3, 0.4) is 0 Å². The average Bonchev–Trinajstić information content (AvgIpc) is 2.59. The average molecular weight is 213 g/mol. The summed E-state index contributed by atoms with van der Waals surface area (Å²) in [5.41, 5.74) is 6.89. The Hall–Kier alpha value is -0.870. The first-order valence-electron chi connectivity index (χ1n) is 4.51. The summed E-state index contributed by atoms with van der Waals surface area (Å²) in [6.45, 7) is 2.06. The number of hydrogen-bond acceptors (Lipinski definition) is 4. The molecule has 4 heteroatoms. The van der Waals surface area contributed by atoms with Gasteiger partial charge in [0.25, 0.3) is 0 Å². The lowest BCUT2D eigenvalue weighted by atomic mass is 10.1. The molecule has 0 amide bonds. The smallest absolute Gasteiger partial charge is 0.322 e. The Morgan fingerprint density at radius 2 is 2.43 bits per heavy atom. The fourth-order valence-electron chi connectivity index (χ4n) is 1.22. The van der Waals surface area contributed by atoms with Crippen LogP contribution in [-0.4, -0.2) is 19.1 Å². The van der Waals surface area contributed by atoms with E-state index in [2.05, 4.69) is 17.7 Å². The standard InChI is InChI=1S/C10H15NO2S/c1-7-5-6-14-9(7)4-3-8(11)10(12)13-2/h5-6,8H,3-4,11H2,1-2H3. The Bertz CT molecular complexity index is 309. The Labute approximate surface area is 87.9 Å². The van der Waals surface area contributed by atoms with Gasteiger partial charge in [-0.25, -0.2) is 0 Å². The van der Waals surface area contributed by atoms with Gasteiger partial charge < -0.3 is 10.5 Å². The Morgan fingerprint density at radius 3 is 2.93 bits per heavy atom. The highest BCUT2D eigenvalue weighted by atomic mass is 32.1. The normalized spacial score (nSPS) is 12.5. The van der Waals surface area contributed by atoms with E-state index in [4.69, 9.17) is 5.73 Å². The number of ether oxygens (including phenoxy) is 1. The third kappa shape index (κ3) is 2.82. The number of hydrogen-bond donors (Lipinski definition) is 1. The molecule has 14 heavy (non-hydrogen) atoms. The van der Waals surface area contributed by atoms with E-state index >= 15 is 0 Å². The molecule has 0 aromatic carbocycles. The van der Waals surface area contributed by atoms with Crippen LogP contribution in [0.1, 0.15) is 16.9 Å². The molecule has 1 aromatic rings. The van der Waals surface area contributed by atoms with E-state index in [-0.39, 0.29) is 5.97 Å². The van der Waals surface area contributed by atoms with Crippen LogP contribution in [0.2, 0.25) is 0 Å². The third-order valence-electron chi connectivity index (χ3n) is 2.15. The van der Waals surface area contributed by atoms with Gasteiger partial charge in [0.05, 0.1) is 7.11 Å². The summed E-state index contributed by atoms with van der Waals surface area (Å²) in [6, 6.07) is 1.57. The third-order valence-corrected chi connectivity index (χ3v) is 3.24. The largest absolute Gasteiger partial charge is 0.468 e. The highest BCUT2D eigenvalue weighted by Gasteiger charge is 2.13. The number of nitrogens with two attached hydrogens (primary N) is 1. The lowest BCUT2D eigenvalue weighted by Crippen LogP contribution is -2.31. The molecule has 0 fully saturated rings. The van der Waals surface area contributed by atoms with Crippen LogP contribution in [0, 0.1) is 6.92 Å². The summed E-state index contributed by atoms with van der Waals surface area (Å²) in [7, 11) is 1.36. The van der Waals surface area contributed by atoms with Crippen LogP contribution < -0.4 is 5.73 Å². The minimum atomic E-state index is -0.499. The van der Waals surface area contributed by atoms with Crippen LogP contribution >= 0.6 is 11.3 Å². The van der Waals surface area contributed by atoms with Crippen LogP contribution in [0.5, 0.6) is 0 Å².